The average molecular weight is 343 g/mol. The summed E-state index contributed by atoms with van der Waals surface area (Å²) in [6.45, 7) is 0.736. The van der Waals surface area contributed by atoms with Gasteiger partial charge in [-0.15, -0.1) is 0 Å². The number of halogens is 3. The van der Waals surface area contributed by atoms with Crippen LogP contribution in [0, 0.1) is 0 Å². The molecule has 1 nitrogen and oxygen atoms in total. The van der Waals surface area contributed by atoms with Gasteiger partial charge in [0.2, 0.25) is 0 Å². The predicted octanol–water partition coefficient (Wildman–Crippen LogP) is 5.44. The van der Waals surface area contributed by atoms with Crippen LogP contribution in [0.25, 0.3) is 12.2 Å². The fourth-order valence-corrected chi connectivity index (χ4v) is 3.08. The van der Waals surface area contributed by atoms with Crippen LogP contribution in [0.5, 0.6) is 0 Å². The Kier molecular flexibility index (Phi) is 4.82. The van der Waals surface area contributed by atoms with Crippen molar-refractivity contribution in [3.05, 3.63) is 82.4 Å². The first kappa shape index (κ1) is 17.5. The lowest BCUT2D eigenvalue weighted by atomic mass is 9.86. The molecule has 4 heteroatoms. The lowest BCUT2D eigenvalue weighted by molar-refractivity contribution is -0.137. The highest BCUT2D eigenvalue weighted by Crippen LogP contribution is 2.39. The van der Waals surface area contributed by atoms with Gasteiger partial charge in [0, 0.05) is 12.5 Å². The molecule has 0 amide bonds. The molecule has 1 aliphatic rings. The van der Waals surface area contributed by atoms with E-state index in [4.69, 9.17) is 0 Å². The van der Waals surface area contributed by atoms with Crippen LogP contribution in [-0.2, 0) is 6.18 Å². The summed E-state index contributed by atoms with van der Waals surface area (Å²) >= 11 is 0. The van der Waals surface area contributed by atoms with E-state index in [0.29, 0.717) is 5.56 Å². The Balaban J connectivity index is 2.14. The van der Waals surface area contributed by atoms with E-state index < -0.39 is 11.7 Å². The van der Waals surface area contributed by atoms with Crippen LogP contribution in [-0.4, -0.2) is 25.5 Å². The average Bonchev–Trinajstić information content (AvgIpc) is 2.71. The Labute approximate surface area is 146 Å². The summed E-state index contributed by atoms with van der Waals surface area (Å²) in [6, 6.07) is 11.9. The summed E-state index contributed by atoms with van der Waals surface area (Å²) in [5, 5.41) is 0. The van der Waals surface area contributed by atoms with Crippen molar-refractivity contribution in [3.8, 4) is 0 Å². The first-order valence-corrected chi connectivity index (χ1v) is 8.16. The van der Waals surface area contributed by atoms with Crippen molar-refractivity contribution >= 4 is 12.2 Å². The summed E-state index contributed by atoms with van der Waals surface area (Å²) in [6.07, 6.45) is 3.54. The van der Waals surface area contributed by atoms with Crippen molar-refractivity contribution in [2.24, 2.45) is 0 Å². The Morgan fingerprint density at radius 1 is 0.960 bits per heavy atom. The molecule has 0 radical (unpaired) electrons. The Morgan fingerprint density at radius 2 is 1.64 bits per heavy atom. The molecule has 0 fully saturated rings. The van der Waals surface area contributed by atoms with Crippen LogP contribution in [0.2, 0.25) is 0 Å². The lowest BCUT2D eigenvalue weighted by Crippen LogP contribution is -2.11. The highest BCUT2D eigenvalue weighted by Gasteiger charge is 2.32. The van der Waals surface area contributed by atoms with E-state index in [0.717, 1.165) is 29.3 Å². The number of benzene rings is 2. The highest BCUT2D eigenvalue weighted by molar-refractivity contribution is 5.77. The zero-order valence-electron chi connectivity index (χ0n) is 14.2. The molecule has 25 heavy (non-hydrogen) atoms. The van der Waals surface area contributed by atoms with E-state index in [1.54, 1.807) is 6.07 Å². The smallest absolute Gasteiger partial charge is 0.306 e. The molecule has 130 valence electrons. The van der Waals surface area contributed by atoms with E-state index in [-0.39, 0.29) is 5.92 Å². The zero-order valence-corrected chi connectivity index (χ0v) is 14.2. The maximum atomic E-state index is 13.2. The number of rotatable bonds is 3. The summed E-state index contributed by atoms with van der Waals surface area (Å²) < 4.78 is 39.6. The number of fused-ring (bicyclic) bond motifs is 2. The molecular weight excluding hydrogens is 323 g/mol. The number of likely N-dealkylation sites (N-methyl/N-ethyl adjacent to an activating group) is 1. The van der Waals surface area contributed by atoms with E-state index in [1.165, 1.54) is 6.07 Å². The Morgan fingerprint density at radius 3 is 2.32 bits per heavy atom. The monoisotopic (exact) mass is 343 g/mol. The van der Waals surface area contributed by atoms with Crippen molar-refractivity contribution in [1.29, 1.82) is 0 Å². The third-order valence-corrected chi connectivity index (χ3v) is 4.32. The summed E-state index contributed by atoms with van der Waals surface area (Å²) in [4.78, 5) is 2.02. The number of allylic oxidation sites excluding steroid dienone is 1. The molecule has 3 rings (SSSR count). The second-order valence-electron chi connectivity index (χ2n) is 6.47. The predicted molar refractivity (Wildman–Crippen MR) is 96.4 cm³/mol. The van der Waals surface area contributed by atoms with E-state index >= 15 is 0 Å². The zero-order chi connectivity index (χ0) is 18.0. The van der Waals surface area contributed by atoms with Crippen LogP contribution in [0.1, 0.15) is 33.7 Å². The normalized spacial score (nSPS) is 16.8. The van der Waals surface area contributed by atoms with Gasteiger partial charge in [0.25, 0.3) is 0 Å². The molecule has 0 saturated heterocycles. The molecule has 0 spiro atoms. The molecule has 0 heterocycles. The molecule has 0 bridgehead atoms. The van der Waals surface area contributed by atoms with Gasteiger partial charge in [-0.05, 0) is 48.5 Å². The molecule has 0 N–H and O–H groups in total. The second-order valence-corrected chi connectivity index (χ2v) is 6.47. The maximum Gasteiger partial charge on any atom is 0.416 e. The van der Waals surface area contributed by atoms with Gasteiger partial charge in [-0.3, -0.25) is 0 Å². The molecule has 0 aliphatic heterocycles. The fourth-order valence-electron chi connectivity index (χ4n) is 3.08. The van der Waals surface area contributed by atoms with Gasteiger partial charge in [-0.25, -0.2) is 0 Å². The van der Waals surface area contributed by atoms with Crippen LogP contribution in [0.4, 0.5) is 13.2 Å². The first-order valence-electron chi connectivity index (χ1n) is 8.16. The van der Waals surface area contributed by atoms with E-state index in [2.05, 4.69) is 0 Å². The van der Waals surface area contributed by atoms with Crippen LogP contribution >= 0.6 is 0 Å². The van der Waals surface area contributed by atoms with Gasteiger partial charge < -0.3 is 4.90 Å². The molecule has 2 aromatic carbocycles. The molecular formula is C21H20F3N. The SMILES string of the molecule is CN(C)CC=CC1c2ccccc2C=Cc2ccc(C(F)(F)F)cc21. The van der Waals surface area contributed by atoms with Gasteiger partial charge in [-0.1, -0.05) is 54.6 Å². The van der Waals surface area contributed by atoms with Gasteiger partial charge >= 0.3 is 6.18 Å². The molecule has 1 atom stereocenters. The summed E-state index contributed by atoms with van der Waals surface area (Å²) in [5.74, 6) is -0.205. The Hall–Kier alpha value is -2.33. The van der Waals surface area contributed by atoms with Gasteiger partial charge in [-0.2, -0.15) is 13.2 Å². The molecule has 1 unspecified atom stereocenters. The standard InChI is InChI=1S/C21H20F3N/c1-25(2)13-5-8-19-18-7-4-3-6-15(18)9-10-16-11-12-17(14-20(16)19)21(22,23)24/h3-12,14,19H,13H2,1-2H3. The number of nitrogens with zero attached hydrogens (tertiary/aromatic N) is 1. The minimum atomic E-state index is -4.34. The molecule has 0 saturated carbocycles. The van der Waals surface area contributed by atoms with Crippen molar-refractivity contribution < 1.29 is 13.2 Å². The van der Waals surface area contributed by atoms with Crippen LogP contribution < -0.4 is 0 Å². The fraction of sp³-hybridized carbons (Fsp3) is 0.238. The van der Waals surface area contributed by atoms with Gasteiger partial charge in [0.05, 0.1) is 5.56 Å². The van der Waals surface area contributed by atoms with Gasteiger partial charge in [0.15, 0.2) is 0 Å². The van der Waals surface area contributed by atoms with E-state index in [9.17, 15) is 13.2 Å². The first-order chi connectivity index (χ1) is 11.9. The molecule has 1 aliphatic carbocycles. The maximum absolute atomic E-state index is 13.2. The summed E-state index contributed by atoms with van der Waals surface area (Å²) in [7, 11) is 3.92. The van der Waals surface area contributed by atoms with Crippen molar-refractivity contribution in [2.45, 2.75) is 12.1 Å². The number of alkyl halides is 3. The van der Waals surface area contributed by atoms with Crippen molar-refractivity contribution in [3.63, 3.8) is 0 Å². The van der Waals surface area contributed by atoms with E-state index in [1.807, 2.05) is 67.6 Å². The highest BCUT2D eigenvalue weighted by atomic mass is 19.4. The minimum absolute atomic E-state index is 0.205. The largest absolute Gasteiger partial charge is 0.416 e. The van der Waals surface area contributed by atoms with Crippen LogP contribution in [0.15, 0.2) is 54.6 Å². The second kappa shape index (κ2) is 6.89. The topological polar surface area (TPSA) is 3.24 Å². The lowest BCUT2D eigenvalue weighted by Gasteiger charge is -2.19. The van der Waals surface area contributed by atoms with Crippen LogP contribution in [0.3, 0.4) is 0 Å². The molecule has 2 aromatic rings. The van der Waals surface area contributed by atoms with Crippen molar-refractivity contribution in [2.75, 3.05) is 20.6 Å². The molecule has 0 aromatic heterocycles. The third kappa shape index (κ3) is 3.85. The summed E-state index contributed by atoms with van der Waals surface area (Å²) in [5.41, 5.74) is 2.96. The quantitative estimate of drug-likeness (QED) is 0.671. The minimum Gasteiger partial charge on any atom is -0.306 e. The number of hydrogen-bond acceptors (Lipinski definition) is 1. The third-order valence-electron chi connectivity index (χ3n) is 4.32. The van der Waals surface area contributed by atoms with Gasteiger partial charge in [0.1, 0.15) is 0 Å². The number of hydrogen-bond donors (Lipinski definition) is 0. The Bertz CT molecular complexity index is 816. The van der Waals surface area contributed by atoms with Crippen molar-refractivity contribution in [1.82, 2.24) is 4.90 Å².